The van der Waals surface area contributed by atoms with E-state index < -0.39 is 5.25 Å². The van der Waals surface area contributed by atoms with Crippen LogP contribution < -0.4 is 5.32 Å². The summed E-state index contributed by atoms with van der Waals surface area (Å²) in [5, 5.41) is 11.5. The van der Waals surface area contributed by atoms with Gasteiger partial charge < -0.3 is 9.73 Å². The molecule has 1 aromatic carbocycles. The van der Waals surface area contributed by atoms with Crippen LogP contribution >= 0.6 is 35.0 Å². The van der Waals surface area contributed by atoms with Crippen molar-refractivity contribution in [1.82, 2.24) is 15.2 Å². The zero-order valence-electron chi connectivity index (χ0n) is 12.9. The summed E-state index contributed by atoms with van der Waals surface area (Å²) < 4.78 is 5.58. The van der Waals surface area contributed by atoms with Crippen LogP contribution in [0.2, 0.25) is 10.0 Å². The molecule has 0 aliphatic heterocycles. The van der Waals surface area contributed by atoms with Crippen molar-refractivity contribution >= 4 is 46.7 Å². The number of anilines is 1. The molecule has 0 saturated heterocycles. The van der Waals surface area contributed by atoms with Gasteiger partial charge in [0, 0.05) is 16.8 Å². The third-order valence-electron chi connectivity index (χ3n) is 3.10. The fraction of sp³-hybridized carbons (Fsp3) is 0.125. The van der Waals surface area contributed by atoms with E-state index in [2.05, 4.69) is 20.5 Å². The van der Waals surface area contributed by atoms with E-state index in [4.69, 9.17) is 27.6 Å². The molecule has 128 valence electrons. The van der Waals surface area contributed by atoms with E-state index in [0.717, 1.165) is 11.8 Å². The molecule has 0 spiro atoms. The van der Waals surface area contributed by atoms with Gasteiger partial charge in [0.1, 0.15) is 5.82 Å². The summed E-state index contributed by atoms with van der Waals surface area (Å²) in [5.41, 5.74) is 0.717. The number of benzene rings is 1. The number of carbonyl (C=O) groups is 1. The van der Waals surface area contributed by atoms with E-state index in [1.165, 1.54) is 6.20 Å². The first-order valence-corrected chi connectivity index (χ1v) is 8.83. The van der Waals surface area contributed by atoms with Crippen molar-refractivity contribution in [3.63, 3.8) is 0 Å². The fourth-order valence-electron chi connectivity index (χ4n) is 1.88. The van der Waals surface area contributed by atoms with E-state index in [1.807, 2.05) is 6.07 Å². The molecule has 25 heavy (non-hydrogen) atoms. The van der Waals surface area contributed by atoms with Crippen molar-refractivity contribution in [3.05, 3.63) is 52.6 Å². The Morgan fingerprint density at radius 1 is 1.20 bits per heavy atom. The van der Waals surface area contributed by atoms with Crippen molar-refractivity contribution in [2.45, 2.75) is 17.4 Å². The highest BCUT2D eigenvalue weighted by Crippen LogP contribution is 2.27. The maximum atomic E-state index is 12.2. The van der Waals surface area contributed by atoms with Gasteiger partial charge in [-0.05, 0) is 37.3 Å². The van der Waals surface area contributed by atoms with Crippen molar-refractivity contribution in [1.29, 1.82) is 0 Å². The van der Waals surface area contributed by atoms with Crippen LogP contribution in [0.4, 0.5) is 5.82 Å². The number of nitrogens with one attached hydrogen (secondary N) is 1. The number of halogens is 2. The lowest BCUT2D eigenvalue weighted by atomic mass is 10.2. The Morgan fingerprint density at radius 3 is 2.76 bits per heavy atom. The van der Waals surface area contributed by atoms with Crippen molar-refractivity contribution in [2.75, 3.05) is 5.32 Å². The highest BCUT2D eigenvalue weighted by molar-refractivity contribution is 8.00. The summed E-state index contributed by atoms with van der Waals surface area (Å²) in [4.78, 5) is 16.2. The minimum atomic E-state index is -0.454. The predicted molar refractivity (Wildman–Crippen MR) is 97.9 cm³/mol. The van der Waals surface area contributed by atoms with Gasteiger partial charge in [0.15, 0.2) is 0 Å². The molecular weight excluding hydrogens is 383 g/mol. The monoisotopic (exact) mass is 394 g/mol. The van der Waals surface area contributed by atoms with Gasteiger partial charge in [-0.15, -0.1) is 10.2 Å². The topological polar surface area (TPSA) is 80.9 Å². The van der Waals surface area contributed by atoms with E-state index in [0.29, 0.717) is 32.5 Å². The molecule has 0 saturated carbocycles. The van der Waals surface area contributed by atoms with Gasteiger partial charge in [-0.2, -0.15) is 0 Å². The average Bonchev–Trinajstić information content (AvgIpc) is 3.05. The van der Waals surface area contributed by atoms with Crippen LogP contribution in [0, 0.1) is 0 Å². The Labute approximate surface area is 158 Å². The molecule has 2 heterocycles. The summed E-state index contributed by atoms with van der Waals surface area (Å²) in [6.07, 6.45) is 1.46. The molecule has 1 amide bonds. The first-order chi connectivity index (χ1) is 12.0. The van der Waals surface area contributed by atoms with Crippen LogP contribution in [0.5, 0.6) is 0 Å². The zero-order chi connectivity index (χ0) is 17.8. The molecule has 6 nitrogen and oxygen atoms in total. The lowest BCUT2D eigenvalue weighted by molar-refractivity contribution is -0.115. The molecule has 0 radical (unpaired) electrons. The molecule has 0 fully saturated rings. The Hall–Kier alpha value is -2.09. The molecule has 0 aliphatic rings. The van der Waals surface area contributed by atoms with E-state index in [9.17, 15) is 4.79 Å². The number of carbonyl (C=O) groups excluding carboxylic acids is 1. The summed E-state index contributed by atoms with van der Waals surface area (Å²) in [7, 11) is 0. The number of hydrogen-bond donors (Lipinski definition) is 1. The van der Waals surface area contributed by atoms with Crippen molar-refractivity contribution < 1.29 is 9.21 Å². The Kier molecular flexibility index (Phi) is 5.57. The molecule has 0 unspecified atom stereocenters. The second-order valence-corrected chi connectivity index (χ2v) is 7.16. The summed E-state index contributed by atoms with van der Waals surface area (Å²) >= 11 is 12.9. The minimum Gasteiger partial charge on any atom is -0.411 e. The molecule has 3 aromatic rings. The van der Waals surface area contributed by atoms with Gasteiger partial charge in [0.25, 0.3) is 5.22 Å². The highest BCUT2D eigenvalue weighted by atomic mass is 35.5. The highest BCUT2D eigenvalue weighted by Gasteiger charge is 2.19. The third kappa shape index (κ3) is 4.72. The van der Waals surface area contributed by atoms with Crippen molar-refractivity contribution in [3.8, 4) is 11.5 Å². The molecule has 1 N–H and O–H groups in total. The van der Waals surface area contributed by atoms with Crippen LogP contribution in [-0.2, 0) is 4.79 Å². The van der Waals surface area contributed by atoms with E-state index in [1.54, 1.807) is 37.3 Å². The standard InChI is InChI=1S/C16H12Cl2N4O2S/c1-9(14(23)20-13-6-5-12(18)8-19-13)25-16-22-21-15(24-16)10-3-2-4-11(17)7-10/h2-9H,1H3,(H,19,20,23)/t9-/m0/s1. The van der Waals surface area contributed by atoms with Crippen LogP contribution in [0.25, 0.3) is 11.5 Å². The first kappa shape index (κ1) is 17.7. The number of rotatable bonds is 5. The Balaban J connectivity index is 1.64. The molecule has 1 atom stereocenters. The number of thioether (sulfide) groups is 1. The lowest BCUT2D eigenvalue weighted by Crippen LogP contribution is -2.22. The van der Waals surface area contributed by atoms with Gasteiger partial charge >= 0.3 is 0 Å². The maximum Gasteiger partial charge on any atom is 0.277 e. The van der Waals surface area contributed by atoms with Crippen LogP contribution in [0.1, 0.15) is 6.92 Å². The van der Waals surface area contributed by atoms with Gasteiger partial charge in [-0.3, -0.25) is 4.79 Å². The number of hydrogen-bond acceptors (Lipinski definition) is 6. The Bertz CT molecular complexity index is 886. The molecule has 2 aromatic heterocycles. The summed E-state index contributed by atoms with van der Waals surface area (Å²) in [6, 6.07) is 10.4. The predicted octanol–water partition coefficient (Wildman–Crippen LogP) is 4.56. The fourth-order valence-corrected chi connectivity index (χ4v) is 2.86. The first-order valence-electron chi connectivity index (χ1n) is 7.20. The maximum absolute atomic E-state index is 12.2. The number of nitrogens with zero attached hydrogens (tertiary/aromatic N) is 3. The molecule has 9 heteroatoms. The lowest BCUT2D eigenvalue weighted by Gasteiger charge is -2.09. The van der Waals surface area contributed by atoms with Crippen LogP contribution in [0.3, 0.4) is 0 Å². The molecule has 0 aliphatic carbocycles. The molecular formula is C16H12Cl2N4O2S. The van der Waals surface area contributed by atoms with E-state index >= 15 is 0 Å². The number of amides is 1. The summed E-state index contributed by atoms with van der Waals surface area (Å²) in [6.45, 7) is 1.74. The summed E-state index contributed by atoms with van der Waals surface area (Å²) in [5.74, 6) is 0.534. The quantitative estimate of drug-likeness (QED) is 0.638. The molecule has 0 bridgehead atoms. The average molecular weight is 395 g/mol. The van der Waals surface area contributed by atoms with Crippen LogP contribution in [0.15, 0.2) is 52.2 Å². The SMILES string of the molecule is C[C@H](Sc1nnc(-c2cccc(Cl)c2)o1)C(=O)Nc1ccc(Cl)cn1. The van der Waals surface area contributed by atoms with Crippen molar-refractivity contribution in [2.24, 2.45) is 0 Å². The van der Waals surface area contributed by atoms with Gasteiger partial charge in [-0.1, -0.05) is 41.0 Å². The largest absolute Gasteiger partial charge is 0.411 e. The second kappa shape index (κ2) is 7.86. The van der Waals surface area contributed by atoms with E-state index in [-0.39, 0.29) is 5.91 Å². The van der Waals surface area contributed by atoms with Gasteiger partial charge in [0.2, 0.25) is 11.8 Å². The van der Waals surface area contributed by atoms with Gasteiger partial charge in [0.05, 0.1) is 10.3 Å². The van der Waals surface area contributed by atoms with Gasteiger partial charge in [-0.25, -0.2) is 4.98 Å². The number of pyridine rings is 1. The minimum absolute atomic E-state index is 0.234. The zero-order valence-corrected chi connectivity index (χ0v) is 15.3. The second-order valence-electron chi connectivity index (χ2n) is 4.99. The molecule has 3 rings (SSSR count). The van der Waals surface area contributed by atoms with Crippen LogP contribution in [-0.4, -0.2) is 26.3 Å². The number of aromatic nitrogens is 3. The normalized spacial score (nSPS) is 12.0. The third-order valence-corrected chi connectivity index (χ3v) is 4.50. The Morgan fingerprint density at radius 2 is 2.04 bits per heavy atom. The smallest absolute Gasteiger partial charge is 0.277 e.